The molecule has 0 spiro atoms. The van der Waals surface area contributed by atoms with Crippen molar-refractivity contribution in [2.24, 2.45) is 0 Å². The van der Waals surface area contributed by atoms with Gasteiger partial charge in [-0.15, -0.1) is 0 Å². The normalized spacial score (nSPS) is 11.2. The van der Waals surface area contributed by atoms with Crippen molar-refractivity contribution < 1.29 is 4.57 Å². The Morgan fingerprint density at radius 2 is 1.34 bits per heavy atom. The molecule has 0 aliphatic carbocycles. The SMILES string of the molecule is Cc1cc(C)c(-n2cc[n+](Cc3cccc(CP(c4ccccc4)c4ccccc4)n3)c2)c(C)c1. The maximum atomic E-state index is 5.07. The highest BCUT2D eigenvalue weighted by Crippen LogP contribution is 2.37. The first-order chi connectivity index (χ1) is 17.1. The van der Waals surface area contributed by atoms with Gasteiger partial charge in [0, 0.05) is 11.9 Å². The van der Waals surface area contributed by atoms with Crippen molar-refractivity contribution in [3.8, 4) is 5.69 Å². The zero-order chi connectivity index (χ0) is 24.2. The minimum atomic E-state index is -0.509. The van der Waals surface area contributed by atoms with E-state index in [1.807, 2.05) is 0 Å². The zero-order valence-electron chi connectivity index (χ0n) is 20.6. The second-order valence-corrected chi connectivity index (χ2v) is 11.3. The lowest BCUT2D eigenvalue weighted by atomic mass is 10.1. The van der Waals surface area contributed by atoms with Crippen LogP contribution in [0.2, 0.25) is 0 Å². The summed E-state index contributed by atoms with van der Waals surface area (Å²) in [7, 11) is -0.509. The quantitative estimate of drug-likeness (QED) is 0.216. The van der Waals surface area contributed by atoms with E-state index in [0.717, 1.165) is 24.1 Å². The Labute approximate surface area is 209 Å². The molecule has 0 aliphatic rings. The van der Waals surface area contributed by atoms with Crippen LogP contribution in [0.25, 0.3) is 5.69 Å². The summed E-state index contributed by atoms with van der Waals surface area (Å²) in [6.07, 6.45) is 7.37. The van der Waals surface area contributed by atoms with Crippen molar-refractivity contribution in [1.29, 1.82) is 0 Å². The molecule has 3 nitrogen and oxygen atoms in total. The molecule has 0 fully saturated rings. The maximum Gasteiger partial charge on any atom is 0.249 e. The van der Waals surface area contributed by atoms with E-state index in [4.69, 9.17) is 4.98 Å². The first-order valence-corrected chi connectivity index (χ1v) is 13.6. The van der Waals surface area contributed by atoms with E-state index in [2.05, 4.69) is 140 Å². The number of pyridine rings is 1. The van der Waals surface area contributed by atoms with E-state index in [9.17, 15) is 0 Å². The third kappa shape index (κ3) is 5.42. The smallest absolute Gasteiger partial charge is 0.249 e. The molecule has 0 amide bonds. The Morgan fingerprint density at radius 1 is 0.743 bits per heavy atom. The van der Waals surface area contributed by atoms with Crippen LogP contribution in [0.15, 0.2) is 110 Å². The van der Waals surface area contributed by atoms with E-state index < -0.39 is 7.92 Å². The molecule has 0 radical (unpaired) electrons. The van der Waals surface area contributed by atoms with Crippen LogP contribution in [0.1, 0.15) is 28.1 Å². The second kappa shape index (κ2) is 10.4. The fourth-order valence-electron chi connectivity index (χ4n) is 4.80. The third-order valence-electron chi connectivity index (χ3n) is 6.25. The average Bonchev–Trinajstić information content (AvgIpc) is 3.31. The Bertz CT molecular complexity index is 1360. The minimum Gasteiger partial charge on any atom is -0.253 e. The van der Waals surface area contributed by atoms with Gasteiger partial charge in [0.2, 0.25) is 6.33 Å². The van der Waals surface area contributed by atoms with Gasteiger partial charge in [0.25, 0.3) is 0 Å². The van der Waals surface area contributed by atoms with Crippen molar-refractivity contribution in [3.63, 3.8) is 0 Å². The molecule has 0 saturated carbocycles. The monoisotopic (exact) mass is 476 g/mol. The number of benzene rings is 3. The molecule has 2 heterocycles. The van der Waals surface area contributed by atoms with Crippen LogP contribution in [0.4, 0.5) is 0 Å². The first-order valence-electron chi connectivity index (χ1n) is 12.0. The van der Waals surface area contributed by atoms with E-state index in [1.165, 1.54) is 33.0 Å². The van der Waals surface area contributed by atoms with Gasteiger partial charge >= 0.3 is 0 Å². The predicted octanol–water partition coefficient (Wildman–Crippen LogP) is 5.77. The van der Waals surface area contributed by atoms with Gasteiger partial charge in [0.15, 0.2) is 0 Å². The summed E-state index contributed by atoms with van der Waals surface area (Å²) in [4.78, 5) is 5.07. The van der Waals surface area contributed by atoms with Gasteiger partial charge in [-0.2, -0.15) is 0 Å². The number of aromatic nitrogens is 3. The van der Waals surface area contributed by atoms with Gasteiger partial charge in [-0.1, -0.05) is 84.4 Å². The minimum absolute atomic E-state index is 0.509. The number of hydrogen-bond acceptors (Lipinski definition) is 1. The standard InChI is InChI=1S/C31H31N3P/c1-24-19-25(2)31(26(3)20-24)34-18-17-33(23-34)21-27-11-10-12-28(32-27)22-35(29-13-6-4-7-14-29)30-15-8-5-9-16-30/h4-20,23H,21-22H2,1-3H3/q+1. The Morgan fingerprint density at radius 3 is 1.97 bits per heavy atom. The van der Waals surface area contributed by atoms with Crippen molar-refractivity contribution in [2.45, 2.75) is 33.5 Å². The highest BCUT2D eigenvalue weighted by atomic mass is 31.1. The number of aryl methyl sites for hydroxylation is 3. The lowest BCUT2D eigenvalue weighted by molar-refractivity contribution is -0.688. The first kappa shape index (κ1) is 23.2. The van der Waals surface area contributed by atoms with Crippen LogP contribution in [0, 0.1) is 20.8 Å². The average molecular weight is 477 g/mol. The molecule has 2 aromatic heterocycles. The Hall–Kier alpha value is -3.55. The molecule has 0 saturated heterocycles. The van der Waals surface area contributed by atoms with Gasteiger partial charge in [0.05, 0.1) is 5.69 Å². The molecule has 0 N–H and O–H groups in total. The Balaban J connectivity index is 1.38. The van der Waals surface area contributed by atoms with E-state index in [-0.39, 0.29) is 0 Å². The van der Waals surface area contributed by atoms with Crippen molar-refractivity contribution in [2.75, 3.05) is 0 Å². The van der Waals surface area contributed by atoms with Crippen molar-refractivity contribution in [1.82, 2.24) is 9.55 Å². The summed E-state index contributed by atoms with van der Waals surface area (Å²) in [6.45, 7) is 7.27. The van der Waals surface area contributed by atoms with E-state index in [1.54, 1.807) is 0 Å². The highest BCUT2D eigenvalue weighted by molar-refractivity contribution is 7.72. The number of hydrogen-bond donors (Lipinski definition) is 0. The maximum absolute atomic E-state index is 5.07. The van der Waals surface area contributed by atoms with Gasteiger partial charge < -0.3 is 0 Å². The highest BCUT2D eigenvalue weighted by Gasteiger charge is 2.16. The molecule has 35 heavy (non-hydrogen) atoms. The van der Waals surface area contributed by atoms with Gasteiger partial charge in [0.1, 0.15) is 24.6 Å². The Kier molecular flexibility index (Phi) is 6.88. The largest absolute Gasteiger partial charge is 0.253 e. The van der Waals surface area contributed by atoms with E-state index in [0.29, 0.717) is 0 Å². The van der Waals surface area contributed by atoms with Crippen molar-refractivity contribution in [3.05, 3.63) is 138 Å². The molecule has 4 heteroatoms. The summed E-state index contributed by atoms with van der Waals surface area (Å²) in [5.74, 6) is 0. The summed E-state index contributed by atoms with van der Waals surface area (Å²) in [6, 6.07) is 32.6. The van der Waals surface area contributed by atoms with Crippen LogP contribution in [-0.2, 0) is 12.7 Å². The summed E-state index contributed by atoms with van der Waals surface area (Å²) < 4.78 is 4.43. The summed E-state index contributed by atoms with van der Waals surface area (Å²) in [5, 5.41) is 2.77. The molecule has 0 atom stereocenters. The number of rotatable bonds is 7. The van der Waals surface area contributed by atoms with Crippen LogP contribution >= 0.6 is 7.92 Å². The molecule has 5 rings (SSSR count). The molecule has 0 unspecified atom stereocenters. The van der Waals surface area contributed by atoms with Crippen LogP contribution in [0.3, 0.4) is 0 Å². The summed E-state index contributed by atoms with van der Waals surface area (Å²) >= 11 is 0. The molecule has 5 aromatic rings. The molecular weight excluding hydrogens is 445 g/mol. The lowest BCUT2D eigenvalue weighted by Crippen LogP contribution is -2.32. The number of imidazole rings is 1. The fraction of sp³-hybridized carbons (Fsp3) is 0.161. The van der Waals surface area contributed by atoms with Crippen molar-refractivity contribution >= 4 is 18.5 Å². The van der Waals surface area contributed by atoms with Crippen LogP contribution < -0.4 is 15.2 Å². The number of nitrogens with zero attached hydrogens (tertiary/aromatic N) is 3. The van der Waals surface area contributed by atoms with Gasteiger partial charge in [-0.3, -0.25) is 4.98 Å². The van der Waals surface area contributed by atoms with E-state index >= 15 is 0 Å². The van der Waals surface area contributed by atoms with Gasteiger partial charge in [-0.05, 0) is 62.6 Å². The van der Waals surface area contributed by atoms with Crippen LogP contribution in [0.5, 0.6) is 0 Å². The molecule has 0 aliphatic heterocycles. The van der Waals surface area contributed by atoms with Gasteiger partial charge in [-0.25, -0.2) is 9.13 Å². The topological polar surface area (TPSA) is 21.7 Å². The third-order valence-corrected chi connectivity index (χ3v) is 8.73. The molecule has 3 aromatic carbocycles. The molecule has 174 valence electrons. The molecular formula is C31H31N3P+. The molecule has 0 bridgehead atoms. The second-order valence-electron chi connectivity index (χ2n) is 9.12. The van der Waals surface area contributed by atoms with Crippen LogP contribution in [-0.4, -0.2) is 9.55 Å². The summed E-state index contributed by atoms with van der Waals surface area (Å²) in [5.41, 5.74) is 7.37. The lowest BCUT2D eigenvalue weighted by Gasteiger charge is -2.18. The zero-order valence-corrected chi connectivity index (χ0v) is 21.5. The predicted molar refractivity (Wildman–Crippen MR) is 146 cm³/mol. The fourth-order valence-corrected chi connectivity index (χ4v) is 7.03.